The number of amides is 2. The number of nitrogens with zero attached hydrogens (tertiary/aromatic N) is 5. The molecule has 0 aliphatic carbocycles. The summed E-state index contributed by atoms with van der Waals surface area (Å²) in [7, 11) is 0. The van der Waals surface area contributed by atoms with Crippen LogP contribution < -0.4 is 10.2 Å². The summed E-state index contributed by atoms with van der Waals surface area (Å²) >= 11 is 1.65. The fraction of sp³-hybridized carbons (Fsp3) is 0.364. The molecule has 2 amide bonds. The molecule has 1 fully saturated rings. The van der Waals surface area contributed by atoms with Gasteiger partial charge in [-0.1, -0.05) is 19.9 Å². The molecule has 0 bridgehead atoms. The number of rotatable bonds is 5. The van der Waals surface area contributed by atoms with Crippen molar-refractivity contribution in [2.75, 3.05) is 42.7 Å². The Morgan fingerprint density at radius 1 is 1.13 bits per heavy atom. The van der Waals surface area contributed by atoms with E-state index in [9.17, 15) is 4.79 Å². The Balaban J connectivity index is 1.42. The number of nitrogens with one attached hydrogen (secondary N) is 1. The zero-order valence-electron chi connectivity index (χ0n) is 17.9. The largest absolute Gasteiger partial charge is 0.420 e. The number of anilines is 2. The Hall–Kier alpha value is -3.07. The van der Waals surface area contributed by atoms with Gasteiger partial charge in [-0.25, -0.2) is 9.78 Å². The number of urea groups is 1. The zero-order valence-corrected chi connectivity index (χ0v) is 18.7. The van der Waals surface area contributed by atoms with Gasteiger partial charge in [-0.3, -0.25) is 0 Å². The van der Waals surface area contributed by atoms with Crippen molar-refractivity contribution >= 4 is 29.3 Å². The molecular weight excluding hydrogens is 412 g/mol. The van der Waals surface area contributed by atoms with Gasteiger partial charge in [0, 0.05) is 48.9 Å². The van der Waals surface area contributed by atoms with Gasteiger partial charge >= 0.3 is 6.03 Å². The first kappa shape index (κ1) is 21.2. The Bertz CT molecular complexity index is 1050. The van der Waals surface area contributed by atoms with Gasteiger partial charge in [0.2, 0.25) is 5.89 Å². The number of piperazine rings is 1. The van der Waals surface area contributed by atoms with E-state index in [2.05, 4.69) is 25.4 Å². The third kappa shape index (κ3) is 4.82. The third-order valence-electron chi connectivity index (χ3n) is 5.14. The molecular formula is C22H26N6O2S. The normalized spacial score (nSPS) is 14.2. The quantitative estimate of drug-likeness (QED) is 0.593. The summed E-state index contributed by atoms with van der Waals surface area (Å²) in [6.07, 6.45) is 3.78. The summed E-state index contributed by atoms with van der Waals surface area (Å²) in [5, 5.41) is 11.3. The van der Waals surface area contributed by atoms with E-state index in [0.717, 1.165) is 22.0 Å². The molecule has 162 valence electrons. The molecule has 1 aliphatic rings. The molecule has 1 N–H and O–H groups in total. The van der Waals surface area contributed by atoms with E-state index in [1.165, 1.54) is 0 Å². The lowest BCUT2D eigenvalue weighted by Crippen LogP contribution is -2.50. The van der Waals surface area contributed by atoms with Crippen LogP contribution in [0.4, 0.5) is 16.3 Å². The molecule has 2 aromatic heterocycles. The Morgan fingerprint density at radius 3 is 2.65 bits per heavy atom. The Labute approximate surface area is 186 Å². The van der Waals surface area contributed by atoms with Crippen LogP contribution in [-0.4, -0.2) is 58.5 Å². The molecule has 31 heavy (non-hydrogen) atoms. The molecule has 8 nitrogen and oxygen atoms in total. The highest BCUT2D eigenvalue weighted by atomic mass is 32.2. The summed E-state index contributed by atoms with van der Waals surface area (Å²) in [5.41, 5.74) is 1.62. The second kappa shape index (κ2) is 9.38. The predicted octanol–water partition coefficient (Wildman–Crippen LogP) is 4.33. The molecule has 3 heterocycles. The molecule has 4 rings (SSSR count). The number of aromatic nitrogens is 3. The van der Waals surface area contributed by atoms with Crippen LogP contribution in [0.1, 0.15) is 25.7 Å². The Morgan fingerprint density at radius 2 is 1.94 bits per heavy atom. The first-order valence-corrected chi connectivity index (χ1v) is 11.5. The molecule has 0 atom stereocenters. The van der Waals surface area contributed by atoms with E-state index in [-0.39, 0.29) is 11.9 Å². The number of hydrogen-bond donors (Lipinski definition) is 1. The van der Waals surface area contributed by atoms with Crippen LogP contribution >= 0.6 is 11.8 Å². The number of thioether (sulfide) groups is 1. The van der Waals surface area contributed by atoms with Crippen LogP contribution in [0, 0.1) is 0 Å². The number of hydrogen-bond acceptors (Lipinski definition) is 7. The lowest BCUT2D eigenvalue weighted by atomic mass is 10.2. The van der Waals surface area contributed by atoms with E-state index < -0.39 is 0 Å². The molecule has 3 aromatic rings. The second-order valence-corrected chi connectivity index (χ2v) is 8.49. The summed E-state index contributed by atoms with van der Waals surface area (Å²) in [4.78, 5) is 22.4. The lowest BCUT2D eigenvalue weighted by molar-refractivity contribution is 0.208. The minimum Gasteiger partial charge on any atom is -0.420 e. The summed E-state index contributed by atoms with van der Waals surface area (Å²) in [6.45, 7) is 6.59. The van der Waals surface area contributed by atoms with Crippen molar-refractivity contribution in [3.8, 4) is 11.5 Å². The lowest BCUT2D eigenvalue weighted by Gasteiger charge is -2.35. The van der Waals surface area contributed by atoms with Crippen molar-refractivity contribution in [2.45, 2.75) is 24.7 Å². The van der Waals surface area contributed by atoms with Crippen LogP contribution in [0.2, 0.25) is 0 Å². The summed E-state index contributed by atoms with van der Waals surface area (Å²) in [6, 6.07) is 11.6. The molecule has 0 spiro atoms. The van der Waals surface area contributed by atoms with Crippen molar-refractivity contribution in [3.63, 3.8) is 0 Å². The second-order valence-electron chi connectivity index (χ2n) is 7.61. The van der Waals surface area contributed by atoms with Crippen molar-refractivity contribution in [1.29, 1.82) is 0 Å². The first-order valence-electron chi connectivity index (χ1n) is 10.3. The van der Waals surface area contributed by atoms with E-state index >= 15 is 0 Å². The van der Waals surface area contributed by atoms with Gasteiger partial charge in [0.05, 0.1) is 5.56 Å². The minimum atomic E-state index is -0.0855. The topological polar surface area (TPSA) is 87.4 Å². The standard InChI is InChI=1S/C22H26N6O2S/c1-15(2)20-25-26-21(30-20)18-8-5-9-23-19(18)27-10-12-28(13-11-27)22(29)24-16-6-4-7-17(14-16)31-3/h4-9,14-15H,10-13H2,1-3H3,(H,24,29). The monoisotopic (exact) mass is 438 g/mol. The Kier molecular flexibility index (Phi) is 6.41. The predicted molar refractivity (Wildman–Crippen MR) is 123 cm³/mol. The number of carbonyl (C=O) groups excluding carboxylic acids is 1. The van der Waals surface area contributed by atoms with Crippen LogP contribution in [0.3, 0.4) is 0 Å². The fourth-order valence-corrected chi connectivity index (χ4v) is 3.88. The highest BCUT2D eigenvalue weighted by Gasteiger charge is 2.25. The summed E-state index contributed by atoms with van der Waals surface area (Å²) in [5.74, 6) is 2.05. The molecule has 9 heteroatoms. The number of pyridine rings is 1. The van der Waals surface area contributed by atoms with Gasteiger partial charge in [-0.05, 0) is 36.6 Å². The first-order chi connectivity index (χ1) is 15.0. The summed E-state index contributed by atoms with van der Waals surface area (Å²) < 4.78 is 5.84. The highest BCUT2D eigenvalue weighted by Crippen LogP contribution is 2.29. The average Bonchev–Trinajstić information content (AvgIpc) is 3.30. The fourth-order valence-electron chi connectivity index (χ4n) is 3.42. The molecule has 1 saturated heterocycles. The molecule has 0 radical (unpaired) electrons. The molecule has 0 saturated carbocycles. The average molecular weight is 439 g/mol. The van der Waals surface area contributed by atoms with Gasteiger partial charge in [-0.2, -0.15) is 0 Å². The van der Waals surface area contributed by atoms with Crippen LogP contribution in [-0.2, 0) is 0 Å². The maximum absolute atomic E-state index is 12.7. The van der Waals surface area contributed by atoms with Gasteiger partial charge in [-0.15, -0.1) is 22.0 Å². The van der Waals surface area contributed by atoms with Crippen molar-refractivity contribution in [3.05, 3.63) is 48.5 Å². The smallest absolute Gasteiger partial charge is 0.321 e. The highest BCUT2D eigenvalue weighted by molar-refractivity contribution is 7.98. The van der Waals surface area contributed by atoms with Gasteiger partial charge in [0.1, 0.15) is 5.82 Å². The molecule has 1 aliphatic heterocycles. The zero-order chi connectivity index (χ0) is 21.8. The van der Waals surface area contributed by atoms with E-state index in [0.29, 0.717) is 38.0 Å². The van der Waals surface area contributed by atoms with Gasteiger partial charge in [0.25, 0.3) is 5.89 Å². The van der Waals surface area contributed by atoms with Gasteiger partial charge in [0.15, 0.2) is 0 Å². The van der Waals surface area contributed by atoms with Gasteiger partial charge < -0.3 is 19.5 Å². The molecule has 1 aromatic carbocycles. The molecule has 0 unspecified atom stereocenters. The van der Waals surface area contributed by atoms with Crippen LogP contribution in [0.25, 0.3) is 11.5 Å². The maximum atomic E-state index is 12.7. The third-order valence-corrected chi connectivity index (χ3v) is 5.86. The van der Waals surface area contributed by atoms with Crippen molar-refractivity contribution < 1.29 is 9.21 Å². The van der Waals surface area contributed by atoms with Crippen LogP contribution in [0.5, 0.6) is 0 Å². The van der Waals surface area contributed by atoms with Crippen LogP contribution in [0.15, 0.2) is 51.9 Å². The van der Waals surface area contributed by atoms with E-state index in [4.69, 9.17) is 4.42 Å². The minimum absolute atomic E-state index is 0.0855. The van der Waals surface area contributed by atoms with E-state index in [1.807, 2.05) is 61.4 Å². The number of benzene rings is 1. The van der Waals surface area contributed by atoms with E-state index in [1.54, 1.807) is 18.0 Å². The maximum Gasteiger partial charge on any atom is 0.321 e. The number of carbonyl (C=O) groups is 1. The van der Waals surface area contributed by atoms with Crippen molar-refractivity contribution in [1.82, 2.24) is 20.1 Å². The SMILES string of the molecule is CSc1cccc(NC(=O)N2CCN(c3ncccc3-c3nnc(C(C)C)o3)CC2)c1. The van der Waals surface area contributed by atoms with Crippen molar-refractivity contribution in [2.24, 2.45) is 0 Å².